The van der Waals surface area contributed by atoms with Crippen molar-refractivity contribution in [3.05, 3.63) is 17.8 Å². The average molecular weight is 182 g/mol. The zero-order chi connectivity index (χ0) is 9.84. The van der Waals surface area contributed by atoms with E-state index in [9.17, 15) is 4.79 Å². The van der Waals surface area contributed by atoms with E-state index in [2.05, 4.69) is 10.3 Å². The number of aromatic nitrogens is 1. The van der Waals surface area contributed by atoms with E-state index in [1.165, 1.54) is 6.39 Å². The Hall–Kier alpha value is -1.32. The lowest BCUT2D eigenvalue weighted by atomic mass is 10.1. The van der Waals surface area contributed by atoms with Crippen molar-refractivity contribution in [3.8, 4) is 0 Å². The molecule has 0 atom stereocenters. The molecular formula is C9H14N2O2. The van der Waals surface area contributed by atoms with Crippen molar-refractivity contribution in [1.29, 1.82) is 0 Å². The van der Waals surface area contributed by atoms with Crippen LogP contribution in [0.1, 0.15) is 42.9 Å². The Kier molecular flexibility index (Phi) is 3.06. The third-order valence-electron chi connectivity index (χ3n) is 1.67. The van der Waals surface area contributed by atoms with Gasteiger partial charge in [-0.15, -0.1) is 0 Å². The van der Waals surface area contributed by atoms with E-state index in [-0.39, 0.29) is 11.8 Å². The van der Waals surface area contributed by atoms with Gasteiger partial charge in [0.15, 0.2) is 12.1 Å². The molecule has 1 N–H and O–H groups in total. The van der Waals surface area contributed by atoms with E-state index in [0.29, 0.717) is 18.0 Å². The Labute approximate surface area is 77.3 Å². The normalized spacial score (nSPS) is 10.5. The van der Waals surface area contributed by atoms with Crippen LogP contribution in [-0.4, -0.2) is 17.4 Å². The SMILES string of the molecule is CCNC(=O)c1ncoc1C(C)C. The van der Waals surface area contributed by atoms with Gasteiger partial charge in [0.05, 0.1) is 0 Å². The molecule has 0 aromatic carbocycles. The number of hydrogen-bond acceptors (Lipinski definition) is 3. The highest BCUT2D eigenvalue weighted by Crippen LogP contribution is 2.17. The van der Waals surface area contributed by atoms with Crippen molar-refractivity contribution in [2.45, 2.75) is 26.7 Å². The third kappa shape index (κ3) is 2.08. The molecule has 4 heteroatoms. The molecule has 1 amide bonds. The Morgan fingerprint density at radius 3 is 2.92 bits per heavy atom. The molecule has 13 heavy (non-hydrogen) atoms. The van der Waals surface area contributed by atoms with Crippen LogP contribution in [0.25, 0.3) is 0 Å². The van der Waals surface area contributed by atoms with Gasteiger partial charge < -0.3 is 9.73 Å². The van der Waals surface area contributed by atoms with Crippen molar-refractivity contribution >= 4 is 5.91 Å². The van der Waals surface area contributed by atoms with E-state index in [1.54, 1.807) is 0 Å². The minimum atomic E-state index is -0.167. The fourth-order valence-electron chi connectivity index (χ4n) is 1.08. The van der Waals surface area contributed by atoms with Crippen molar-refractivity contribution in [1.82, 2.24) is 10.3 Å². The van der Waals surface area contributed by atoms with Gasteiger partial charge in [-0.2, -0.15) is 0 Å². The summed E-state index contributed by atoms with van der Waals surface area (Å²) >= 11 is 0. The molecule has 0 fully saturated rings. The molecule has 1 aromatic rings. The van der Waals surface area contributed by atoms with E-state index < -0.39 is 0 Å². The van der Waals surface area contributed by atoms with E-state index >= 15 is 0 Å². The second-order valence-corrected chi connectivity index (χ2v) is 3.08. The minimum absolute atomic E-state index is 0.167. The summed E-state index contributed by atoms with van der Waals surface area (Å²) in [4.78, 5) is 15.3. The molecule has 1 heterocycles. The molecule has 0 aliphatic heterocycles. The number of carbonyl (C=O) groups is 1. The summed E-state index contributed by atoms with van der Waals surface area (Å²) in [6, 6.07) is 0. The number of nitrogens with one attached hydrogen (secondary N) is 1. The Morgan fingerprint density at radius 1 is 1.69 bits per heavy atom. The molecule has 0 saturated heterocycles. The van der Waals surface area contributed by atoms with Gasteiger partial charge in [-0.05, 0) is 6.92 Å². The molecule has 0 radical (unpaired) electrons. The van der Waals surface area contributed by atoms with Gasteiger partial charge >= 0.3 is 0 Å². The summed E-state index contributed by atoms with van der Waals surface area (Å²) in [5, 5.41) is 2.68. The van der Waals surface area contributed by atoms with Crippen molar-refractivity contribution < 1.29 is 9.21 Å². The molecule has 0 aliphatic carbocycles. The maximum Gasteiger partial charge on any atom is 0.273 e. The third-order valence-corrected chi connectivity index (χ3v) is 1.67. The van der Waals surface area contributed by atoms with Gasteiger partial charge in [0.25, 0.3) is 5.91 Å². The zero-order valence-corrected chi connectivity index (χ0v) is 8.13. The first kappa shape index (κ1) is 9.77. The minimum Gasteiger partial charge on any atom is -0.447 e. The number of amides is 1. The van der Waals surface area contributed by atoms with Crippen LogP contribution in [0.3, 0.4) is 0 Å². The number of hydrogen-bond donors (Lipinski definition) is 1. The quantitative estimate of drug-likeness (QED) is 0.771. The molecule has 4 nitrogen and oxygen atoms in total. The molecule has 0 aliphatic rings. The van der Waals surface area contributed by atoms with Crippen LogP contribution in [0.15, 0.2) is 10.8 Å². The summed E-state index contributed by atoms with van der Waals surface area (Å²) in [5.74, 6) is 0.658. The fourth-order valence-corrected chi connectivity index (χ4v) is 1.08. The van der Waals surface area contributed by atoms with Crippen molar-refractivity contribution in [3.63, 3.8) is 0 Å². The van der Waals surface area contributed by atoms with Crippen LogP contribution in [0.5, 0.6) is 0 Å². The van der Waals surface area contributed by atoms with E-state index in [0.717, 1.165) is 0 Å². The summed E-state index contributed by atoms with van der Waals surface area (Å²) in [6.07, 6.45) is 1.31. The smallest absolute Gasteiger partial charge is 0.273 e. The summed E-state index contributed by atoms with van der Waals surface area (Å²) in [6.45, 7) is 6.39. The second kappa shape index (κ2) is 4.07. The van der Waals surface area contributed by atoms with E-state index in [4.69, 9.17) is 4.42 Å². The molecule has 0 bridgehead atoms. The zero-order valence-electron chi connectivity index (χ0n) is 8.13. The van der Waals surface area contributed by atoms with Crippen LogP contribution < -0.4 is 5.32 Å². The second-order valence-electron chi connectivity index (χ2n) is 3.08. The van der Waals surface area contributed by atoms with Gasteiger partial charge in [-0.25, -0.2) is 4.98 Å². The number of nitrogens with zero attached hydrogens (tertiary/aromatic N) is 1. The molecule has 1 rings (SSSR count). The Balaban J connectivity index is 2.87. The van der Waals surface area contributed by atoms with Crippen LogP contribution in [0, 0.1) is 0 Å². The average Bonchev–Trinajstić information content (AvgIpc) is 2.52. The maximum absolute atomic E-state index is 11.4. The van der Waals surface area contributed by atoms with Gasteiger partial charge in [0.2, 0.25) is 0 Å². The predicted octanol–water partition coefficient (Wildman–Crippen LogP) is 1.55. The van der Waals surface area contributed by atoms with Gasteiger partial charge in [0, 0.05) is 12.5 Å². The largest absolute Gasteiger partial charge is 0.447 e. The first-order chi connectivity index (χ1) is 6.16. The van der Waals surface area contributed by atoms with Gasteiger partial charge in [0.1, 0.15) is 5.76 Å². The molecular weight excluding hydrogens is 168 g/mol. The fraction of sp³-hybridized carbons (Fsp3) is 0.556. The number of rotatable bonds is 3. The number of oxazole rings is 1. The topological polar surface area (TPSA) is 55.1 Å². The lowest BCUT2D eigenvalue weighted by molar-refractivity contribution is 0.0949. The Morgan fingerprint density at radius 2 is 2.38 bits per heavy atom. The molecule has 1 aromatic heterocycles. The van der Waals surface area contributed by atoms with E-state index in [1.807, 2.05) is 20.8 Å². The Bertz CT molecular complexity index is 292. The first-order valence-corrected chi connectivity index (χ1v) is 4.38. The monoisotopic (exact) mass is 182 g/mol. The standard InChI is InChI=1S/C9H14N2O2/c1-4-10-9(12)7-8(6(2)3)13-5-11-7/h5-6H,4H2,1-3H3,(H,10,12). The highest BCUT2D eigenvalue weighted by Gasteiger charge is 2.17. The van der Waals surface area contributed by atoms with Gasteiger partial charge in [-0.1, -0.05) is 13.8 Å². The number of carbonyl (C=O) groups excluding carboxylic acids is 1. The predicted molar refractivity (Wildman–Crippen MR) is 48.6 cm³/mol. The maximum atomic E-state index is 11.4. The summed E-state index contributed by atoms with van der Waals surface area (Å²) in [5.41, 5.74) is 0.400. The molecule has 72 valence electrons. The molecule has 0 spiro atoms. The highest BCUT2D eigenvalue weighted by atomic mass is 16.3. The van der Waals surface area contributed by atoms with Crippen LogP contribution in [-0.2, 0) is 0 Å². The summed E-state index contributed by atoms with van der Waals surface area (Å²) < 4.78 is 5.12. The van der Waals surface area contributed by atoms with Crippen LogP contribution in [0.2, 0.25) is 0 Å². The molecule has 0 saturated carbocycles. The van der Waals surface area contributed by atoms with Gasteiger partial charge in [-0.3, -0.25) is 4.79 Å². The first-order valence-electron chi connectivity index (χ1n) is 4.38. The summed E-state index contributed by atoms with van der Waals surface area (Å²) in [7, 11) is 0. The van der Waals surface area contributed by atoms with Crippen LogP contribution in [0.4, 0.5) is 0 Å². The van der Waals surface area contributed by atoms with Crippen LogP contribution >= 0.6 is 0 Å². The van der Waals surface area contributed by atoms with Crippen molar-refractivity contribution in [2.24, 2.45) is 0 Å². The lowest BCUT2D eigenvalue weighted by Crippen LogP contribution is -2.24. The lowest BCUT2D eigenvalue weighted by Gasteiger charge is -2.03. The highest BCUT2D eigenvalue weighted by molar-refractivity contribution is 5.93. The molecule has 0 unspecified atom stereocenters. The van der Waals surface area contributed by atoms with Crippen molar-refractivity contribution in [2.75, 3.05) is 6.54 Å².